The SMILES string of the molecule is COC(=O)C1=C(C(=O)OC)C2(C=C(C(C)(C)C)C=CC2=O)OC1=NC1CCCCC1. The molecule has 7 nitrogen and oxygen atoms in total. The fourth-order valence-electron chi connectivity index (χ4n) is 4.03. The number of ether oxygens (including phenoxy) is 3. The molecule has 2 aliphatic carbocycles. The minimum absolute atomic E-state index is 0.0256. The van der Waals surface area contributed by atoms with E-state index in [-0.39, 0.29) is 28.5 Å². The van der Waals surface area contributed by atoms with E-state index < -0.39 is 23.3 Å². The Kier molecular flexibility index (Phi) is 6.01. The van der Waals surface area contributed by atoms with Crippen LogP contribution in [0.15, 0.2) is 39.9 Å². The predicted molar refractivity (Wildman–Crippen MR) is 111 cm³/mol. The van der Waals surface area contributed by atoms with Gasteiger partial charge in [0.1, 0.15) is 11.1 Å². The van der Waals surface area contributed by atoms with Gasteiger partial charge in [-0.2, -0.15) is 0 Å². The maximum Gasteiger partial charge on any atom is 0.344 e. The molecule has 7 heteroatoms. The predicted octanol–water partition coefficient (Wildman–Crippen LogP) is 3.24. The number of hydrogen-bond donors (Lipinski definition) is 0. The van der Waals surface area contributed by atoms with E-state index in [1.165, 1.54) is 20.3 Å². The van der Waals surface area contributed by atoms with Crippen LogP contribution >= 0.6 is 0 Å². The van der Waals surface area contributed by atoms with Gasteiger partial charge in [0.05, 0.1) is 20.3 Å². The van der Waals surface area contributed by atoms with E-state index in [9.17, 15) is 14.4 Å². The molecule has 0 saturated heterocycles. The average Bonchev–Trinajstić information content (AvgIpc) is 3.03. The fraction of sp³-hybridized carbons (Fsp3) is 0.565. The lowest BCUT2D eigenvalue weighted by Gasteiger charge is -2.32. The van der Waals surface area contributed by atoms with E-state index in [2.05, 4.69) is 4.99 Å². The molecule has 0 N–H and O–H groups in total. The van der Waals surface area contributed by atoms with E-state index in [0.717, 1.165) is 37.7 Å². The molecular weight excluding hydrogens is 386 g/mol. The molecule has 1 heterocycles. The summed E-state index contributed by atoms with van der Waals surface area (Å²) >= 11 is 0. The van der Waals surface area contributed by atoms with E-state index in [1.807, 2.05) is 20.8 Å². The Balaban J connectivity index is 2.24. The zero-order chi connectivity index (χ0) is 22.1. The summed E-state index contributed by atoms with van der Waals surface area (Å²) in [6, 6.07) is -0.0391. The second kappa shape index (κ2) is 8.20. The highest BCUT2D eigenvalue weighted by Gasteiger charge is 2.57. The molecule has 3 rings (SSSR count). The second-order valence-corrected chi connectivity index (χ2v) is 8.84. The molecule has 1 atom stereocenters. The van der Waals surface area contributed by atoms with Crippen LogP contribution in [0.3, 0.4) is 0 Å². The van der Waals surface area contributed by atoms with E-state index in [0.29, 0.717) is 0 Å². The van der Waals surface area contributed by atoms with Crippen molar-refractivity contribution in [2.45, 2.75) is 64.5 Å². The number of rotatable bonds is 3. The molecule has 1 aliphatic heterocycles. The number of carbonyl (C=O) groups is 3. The molecule has 1 fully saturated rings. The third kappa shape index (κ3) is 3.85. The van der Waals surface area contributed by atoms with Crippen LogP contribution in [0.1, 0.15) is 52.9 Å². The van der Waals surface area contributed by atoms with Gasteiger partial charge in [-0.25, -0.2) is 14.6 Å². The van der Waals surface area contributed by atoms with Crippen LogP contribution < -0.4 is 0 Å². The second-order valence-electron chi connectivity index (χ2n) is 8.84. The molecule has 30 heavy (non-hydrogen) atoms. The summed E-state index contributed by atoms with van der Waals surface area (Å²) in [5.41, 5.74) is -1.62. The Labute approximate surface area is 176 Å². The lowest BCUT2D eigenvalue weighted by molar-refractivity contribution is -0.141. The Bertz CT molecular complexity index is 880. The molecule has 162 valence electrons. The van der Waals surface area contributed by atoms with Crippen LogP contribution in [0.5, 0.6) is 0 Å². The highest BCUT2D eigenvalue weighted by atomic mass is 16.6. The van der Waals surface area contributed by atoms with Crippen molar-refractivity contribution < 1.29 is 28.6 Å². The zero-order valence-electron chi connectivity index (χ0n) is 18.2. The van der Waals surface area contributed by atoms with Crippen molar-refractivity contribution in [2.75, 3.05) is 14.2 Å². The molecule has 0 bridgehead atoms. The summed E-state index contributed by atoms with van der Waals surface area (Å²) < 4.78 is 16.0. The molecule has 1 spiro atoms. The van der Waals surface area contributed by atoms with Gasteiger partial charge in [-0.1, -0.05) is 46.1 Å². The van der Waals surface area contributed by atoms with Gasteiger partial charge >= 0.3 is 11.9 Å². The molecule has 0 amide bonds. The van der Waals surface area contributed by atoms with Gasteiger partial charge in [0.15, 0.2) is 0 Å². The standard InChI is InChI=1S/C23H29NO6/c1-22(2,3)14-11-12-16(25)23(13-14)18(21(27)29-5)17(20(26)28-4)19(30-23)24-15-9-7-6-8-10-15/h11-13,15H,6-10H2,1-5H3. The van der Waals surface area contributed by atoms with Crippen molar-refractivity contribution in [3.63, 3.8) is 0 Å². The number of nitrogens with zero attached hydrogens (tertiary/aromatic N) is 1. The minimum atomic E-state index is -1.79. The van der Waals surface area contributed by atoms with Crippen LogP contribution in [-0.4, -0.2) is 49.5 Å². The fourth-order valence-corrected chi connectivity index (χ4v) is 4.03. The summed E-state index contributed by atoms with van der Waals surface area (Å²) in [7, 11) is 2.41. The summed E-state index contributed by atoms with van der Waals surface area (Å²) in [5.74, 6) is -2.10. The molecule has 1 saturated carbocycles. The van der Waals surface area contributed by atoms with Gasteiger partial charge in [-0.05, 0) is 36.0 Å². The normalized spacial score (nSPS) is 26.1. The Morgan fingerprint density at radius 2 is 1.70 bits per heavy atom. The summed E-state index contributed by atoms with van der Waals surface area (Å²) in [4.78, 5) is 43.3. The third-order valence-corrected chi connectivity index (χ3v) is 5.75. The van der Waals surface area contributed by atoms with Gasteiger partial charge < -0.3 is 14.2 Å². The maximum atomic E-state index is 13.1. The van der Waals surface area contributed by atoms with Crippen LogP contribution in [0, 0.1) is 5.41 Å². The summed E-state index contributed by atoms with van der Waals surface area (Å²) in [6.07, 6.45) is 9.61. The Morgan fingerprint density at radius 3 is 2.27 bits per heavy atom. The maximum absolute atomic E-state index is 13.1. The van der Waals surface area contributed by atoms with Crippen LogP contribution in [-0.2, 0) is 28.6 Å². The highest BCUT2D eigenvalue weighted by Crippen LogP contribution is 2.43. The molecule has 1 unspecified atom stereocenters. The molecule has 3 aliphatic rings. The Morgan fingerprint density at radius 1 is 1.07 bits per heavy atom. The monoisotopic (exact) mass is 415 g/mol. The van der Waals surface area contributed by atoms with Crippen molar-refractivity contribution in [1.29, 1.82) is 0 Å². The van der Waals surface area contributed by atoms with Gasteiger partial charge in [0.25, 0.3) is 0 Å². The van der Waals surface area contributed by atoms with Gasteiger partial charge in [-0.3, -0.25) is 4.79 Å². The number of esters is 2. The van der Waals surface area contributed by atoms with E-state index in [1.54, 1.807) is 12.2 Å². The highest BCUT2D eigenvalue weighted by molar-refractivity contribution is 6.28. The summed E-state index contributed by atoms with van der Waals surface area (Å²) in [5, 5.41) is 0. The summed E-state index contributed by atoms with van der Waals surface area (Å²) in [6.45, 7) is 5.96. The van der Waals surface area contributed by atoms with Crippen molar-refractivity contribution in [1.82, 2.24) is 0 Å². The van der Waals surface area contributed by atoms with Crippen LogP contribution in [0.25, 0.3) is 0 Å². The number of allylic oxidation sites excluding steroid dienone is 2. The molecular formula is C23H29NO6. The number of ketones is 1. The molecule has 0 aromatic carbocycles. The first kappa shape index (κ1) is 22.0. The third-order valence-electron chi connectivity index (χ3n) is 5.75. The molecule has 0 aromatic heterocycles. The van der Waals surface area contributed by atoms with E-state index in [4.69, 9.17) is 14.2 Å². The zero-order valence-corrected chi connectivity index (χ0v) is 18.2. The van der Waals surface area contributed by atoms with Gasteiger partial charge in [0, 0.05) is 0 Å². The quantitative estimate of drug-likeness (QED) is 0.657. The van der Waals surface area contributed by atoms with Gasteiger partial charge in [0.2, 0.25) is 17.3 Å². The molecule has 0 radical (unpaired) electrons. The first-order chi connectivity index (χ1) is 14.1. The number of aliphatic imine (C=N–C) groups is 1. The minimum Gasteiger partial charge on any atom is -0.466 e. The Hall–Kier alpha value is -2.70. The number of methoxy groups -OCH3 is 2. The van der Waals surface area contributed by atoms with E-state index >= 15 is 0 Å². The largest absolute Gasteiger partial charge is 0.466 e. The number of hydrogen-bond acceptors (Lipinski definition) is 7. The van der Waals surface area contributed by atoms with Crippen molar-refractivity contribution in [3.05, 3.63) is 34.9 Å². The smallest absolute Gasteiger partial charge is 0.344 e. The lowest BCUT2D eigenvalue weighted by Crippen LogP contribution is -2.43. The van der Waals surface area contributed by atoms with Crippen molar-refractivity contribution in [3.8, 4) is 0 Å². The average molecular weight is 415 g/mol. The van der Waals surface area contributed by atoms with Crippen molar-refractivity contribution >= 4 is 23.6 Å². The topological polar surface area (TPSA) is 91.3 Å². The van der Waals surface area contributed by atoms with Crippen LogP contribution in [0.4, 0.5) is 0 Å². The first-order valence-corrected chi connectivity index (χ1v) is 10.3. The van der Waals surface area contributed by atoms with Gasteiger partial charge in [-0.15, -0.1) is 0 Å². The lowest BCUT2D eigenvalue weighted by atomic mass is 9.76. The number of carbonyl (C=O) groups excluding carboxylic acids is 3. The first-order valence-electron chi connectivity index (χ1n) is 10.3. The van der Waals surface area contributed by atoms with Crippen LogP contribution in [0.2, 0.25) is 0 Å². The molecule has 0 aromatic rings. The van der Waals surface area contributed by atoms with Crippen molar-refractivity contribution in [2.24, 2.45) is 10.4 Å².